The average molecular weight is 346 g/mol. The molecule has 0 aliphatic carbocycles. The van der Waals surface area contributed by atoms with Crippen molar-refractivity contribution >= 4 is 32.5 Å². The number of hydrogen-bond acceptors (Lipinski definition) is 5. The summed E-state index contributed by atoms with van der Waals surface area (Å²) in [6, 6.07) is -0.249. The zero-order valence-corrected chi connectivity index (χ0v) is 14.7. The van der Waals surface area contributed by atoms with Crippen molar-refractivity contribution in [1.82, 2.24) is 14.6 Å². The summed E-state index contributed by atoms with van der Waals surface area (Å²) < 4.78 is 25.8. The van der Waals surface area contributed by atoms with E-state index >= 15 is 0 Å². The van der Waals surface area contributed by atoms with E-state index < -0.39 is 10.0 Å². The lowest BCUT2D eigenvalue weighted by molar-refractivity contribution is 0.250. The Kier molecular flexibility index (Phi) is 5.41. The highest BCUT2D eigenvalue weighted by molar-refractivity contribution is 7.89. The van der Waals surface area contributed by atoms with Crippen LogP contribution in [0.5, 0.6) is 0 Å². The van der Waals surface area contributed by atoms with E-state index in [4.69, 9.17) is 0 Å². The Morgan fingerprint density at radius 2 is 2.18 bits per heavy atom. The van der Waals surface area contributed by atoms with Gasteiger partial charge in [0.25, 0.3) is 0 Å². The van der Waals surface area contributed by atoms with Crippen molar-refractivity contribution in [2.24, 2.45) is 0 Å². The van der Waals surface area contributed by atoms with E-state index in [9.17, 15) is 13.2 Å². The fourth-order valence-corrected chi connectivity index (χ4v) is 4.82. The average Bonchev–Trinajstić information content (AvgIpc) is 2.78. The highest BCUT2D eigenvalue weighted by atomic mass is 32.2. The SMILES string of the molecule is CCCS(=O)(=O)N1CCc2nc(NC(=O)NC(C)C)sc2C1. The topological polar surface area (TPSA) is 91.4 Å². The third kappa shape index (κ3) is 4.17. The summed E-state index contributed by atoms with van der Waals surface area (Å²) >= 11 is 1.34. The van der Waals surface area contributed by atoms with E-state index in [-0.39, 0.29) is 17.8 Å². The summed E-state index contributed by atoms with van der Waals surface area (Å²) in [5, 5.41) is 5.94. The molecule has 2 heterocycles. The third-order valence-corrected chi connectivity index (χ3v) is 6.21. The van der Waals surface area contributed by atoms with Gasteiger partial charge < -0.3 is 5.32 Å². The monoisotopic (exact) mass is 346 g/mol. The molecule has 0 aromatic carbocycles. The molecule has 124 valence electrons. The lowest BCUT2D eigenvalue weighted by Gasteiger charge is -2.25. The number of amides is 2. The van der Waals surface area contributed by atoms with Gasteiger partial charge in [-0.1, -0.05) is 18.3 Å². The lowest BCUT2D eigenvalue weighted by atomic mass is 10.2. The zero-order valence-electron chi connectivity index (χ0n) is 13.0. The molecule has 2 N–H and O–H groups in total. The Balaban J connectivity index is 2.06. The highest BCUT2D eigenvalue weighted by Crippen LogP contribution is 2.29. The maximum atomic E-state index is 12.1. The van der Waals surface area contributed by atoms with Gasteiger partial charge in [-0.05, 0) is 20.3 Å². The van der Waals surface area contributed by atoms with Crippen LogP contribution in [0.3, 0.4) is 0 Å². The largest absolute Gasteiger partial charge is 0.336 e. The van der Waals surface area contributed by atoms with Gasteiger partial charge in [0.1, 0.15) is 0 Å². The zero-order chi connectivity index (χ0) is 16.3. The number of rotatable bonds is 5. The summed E-state index contributed by atoms with van der Waals surface area (Å²) in [5.74, 6) is 0.170. The van der Waals surface area contributed by atoms with Crippen LogP contribution in [0.2, 0.25) is 0 Å². The second-order valence-electron chi connectivity index (χ2n) is 5.54. The van der Waals surface area contributed by atoms with Crippen molar-refractivity contribution in [2.75, 3.05) is 17.6 Å². The number of anilines is 1. The highest BCUT2D eigenvalue weighted by Gasteiger charge is 2.28. The predicted octanol–water partition coefficient (Wildman–Crippen LogP) is 1.77. The number of hydrogen-bond donors (Lipinski definition) is 2. The number of fused-ring (bicyclic) bond motifs is 1. The van der Waals surface area contributed by atoms with Gasteiger partial charge in [-0.3, -0.25) is 5.32 Å². The van der Waals surface area contributed by atoms with E-state index in [1.165, 1.54) is 15.6 Å². The van der Waals surface area contributed by atoms with E-state index in [1.54, 1.807) is 0 Å². The second-order valence-corrected chi connectivity index (χ2v) is 8.71. The van der Waals surface area contributed by atoms with Crippen molar-refractivity contribution in [3.05, 3.63) is 10.6 Å². The van der Waals surface area contributed by atoms with E-state index in [0.29, 0.717) is 31.1 Å². The van der Waals surface area contributed by atoms with Gasteiger partial charge >= 0.3 is 6.03 Å². The number of carbonyl (C=O) groups is 1. The summed E-state index contributed by atoms with van der Waals surface area (Å²) in [6.07, 6.45) is 1.19. The second kappa shape index (κ2) is 6.93. The van der Waals surface area contributed by atoms with Crippen LogP contribution in [0.25, 0.3) is 0 Å². The molecular formula is C13H22N4O3S2. The Morgan fingerprint density at radius 3 is 2.82 bits per heavy atom. The predicted molar refractivity (Wildman–Crippen MR) is 87.6 cm³/mol. The molecule has 7 nitrogen and oxygen atoms in total. The fraction of sp³-hybridized carbons (Fsp3) is 0.692. The van der Waals surface area contributed by atoms with Crippen molar-refractivity contribution in [3.63, 3.8) is 0 Å². The molecule has 9 heteroatoms. The molecule has 0 bridgehead atoms. The van der Waals surface area contributed by atoms with Gasteiger partial charge in [-0.2, -0.15) is 4.31 Å². The van der Waals surface area contributed by atoms with E-state index in [2.05, 4.69) is 15.6 Å². The maximum Gasteiger partial charge on any atom is 0.321 e. The van der Waals surface area contributed by atoms with Crippen molar-refractivity contribution < 1.29 is 13.2 Å². The van der Waals surface area contributed by atoms with Gasteiger partial charge in [0, 0.05) is 30.4 Å². The van der Waals surface area contributed by atoms with Gasteiger partial charge in [-0.15, -0.1) is 0 Å². The summed E-state index contributed by atoms with van der Waals surface area (Å²) in [7, 11) is -3.19. The first-order valence-corrected chi connectivity index (χ1v) is 9.78. The summed E-state index contributed by atoms with van der Waals surface area (Å²) in [6.45, 7) is 6.42. The smallest absolute Gasteiger partial charge is 0.321 e. The van der Waals surface area contributed by atoms with E-state index in [0.717, 1.165) is 10.6 Å². The molecule has 0 unspecified atom stereocenters. The van der Waals surface area contributed by atoms with Gasteiger partial charge in [-0.25, -0.2) is 18.2 Å². The van der Waals surface area contributed by atoms with Crippen LogP contribution >= 0.6 is 11.3 Å². The Hall–Kier alpha value is -1.19. The Morgan fingerprint density at radius 1 is 1.45 bits per heavy atom. The number of sulfonamides is 1. The molecule has 1 aromatic heterocycles. The number of aromatic nitrogens is 1. The van der Waals surface area contributed by atoms with Crippen LogP contribution < -0.4 is 10.6 Å². The first-order chi connectivity index (χ1) is 10.3. The molecule has 2 rings (SSSR count). The first-order valence-electron chi connectivity index (χ1n) is 7.35. The standard InChI is InChI=1S/C13H22N4O3S2/c1-4-7-22(19,20)17-6-5-10-11(8-17)21-13(15-10)16-12(18)14-9(2)3/h9H,4-8H2,1-3H3,(H2,14,15,16,18). The molecule has 0 saturated carbocycles. The van der Waals surface area contributed by atoms with Gasteiger partial charge in [0.15, 0.2) is 5.13 Å². The third-order valence-electron chi connectivity index (χ3n) is 3.19. The summed E-state index contributed by atoms with van der Waals surface area (Å²) in [5.41, 5.74) is 0.882. The molecular weight excluding hydrogens is 324 g/mol. The number of carbonyl (C=O) groups excluding carboxylic acids is 1. The van der Waals surface area contributed by atoms with Crippen LogP contribution in [0.15, 0.2) is 0 Å². The molecule has 0 radical (unpaired) electrons. The molecule has 0 saturated heterocycles. The minimum Gasteiger partial charge on any atom is -0.336 e. The molecule has 0 spiro atoms. The minimum absolute atomic E-state index is 0.0456. The lowest BCUT2D eigenvalue weighted by Crippen LogP contribution is -2.36. The quantitative estimate of drug-likeness (QED) is 0.850. The number of nitrogens with zero attached hydrogens (tertiary/aromatic N) is 2. The number of nitrogens with one attached hydrogen (secondary N) is 2. The maximum absolute atomic E-state index is 12.1. The fourth-order valence-electron chi connectivity index (χ4n) is 2.25. The van der Waals surface area contributed by atoms with Crippen LogP contribution in [-0.4, -0.2) is 42.1 Å². The molecule has 0 atom stereocenters. The van der Waals surface area contributed by atoms with E-state index in [1.807, 2.05) is 20.8 Å². The molecule has 1 aliphatic rings. The van der Waals surface area contributed by atoms with Crippen LogP contribution in [0.4, 0.5) is 9.93 Å². The normalized spacial score (nSPS) is 15.6. The van der Waals surface area contributed by atoms with Crippen LogP contribution in [-0.2, 0) is 23.0 Å². The Labute approximate surface area is 135 Å². The molecule has 0 fully saturated rings. The van der Waals surface area contributed by atoms with Crippen molar-refractivity contribution in [2.45, 2.75) is 46.2 Å². The number of urea groups is 1. The molecule has 1 aliphatic heterocycles. The van der Waals surface area contributed by atoms with Gasteiger partial charge in [0.2, 0.25) is 10.0 Å². The Bertz CT molecular complexity index is 640. The van der Waals surface area contributed by atoms with Crippen LogP contribution in [0, 0.1) is 0 Å². The number of thiazole rings is 1. The van der Waals surface area contributed by atoms with Crippen molar-refractivity contribution in [1.29, 1.82) is 0 Å². The van der Waals surface area contributed by atoms with Gasteiger partial charge in [0.05, 0.1) is 11.4 Å². The van der Waals surface area contributed by atoms with Crippen molar-refractivity contribution in [3.8, 4) is 0 Å². The molecule has 1 aromatic rings. The van der Waals surface area contributed by atoms with Crippen LogP contribution in [0.1, 0.15) is 37.8 Å². The molecule has 22 heavy (non-hydrogen) atoms. The first kappa shape index (κ1) is 17.2. The summed E-state index contributed by atoms with van der Waals surface area (Å²) in [4.78, 5) is 17.0. The minimum atomic E-state index is -3.19. The molecule has 2 amide bonds.